The van der Waals surface area contributed by atoms with Gasteiger partial charge in [-0.25, -0.2) is 0 Å². The molecule has 1 aromatic rings. The van der Waals surface area contributed by atoms with Crippen LogP contribution in [-0.2, 0) is 9.59 Å². The van der Waals surface area contributed by atoms with Crippen LogP contribution >= 0.6 is 11.6 Å². The normalized spacial score (nSPS) is 15.8. The highest BCUT2D eigenvalue weighted by Gasteiger charge is 2.20. The number of hydrogen-bond acceptors (Lipinski definition) is 3. The second-order valence-electron chi connectivity index (χ2n) is 6.48. The van der Waals surface area contributed by atoms with Crippen LogP contribution in [0.4, 0.5) is 11.4 Å². The summed E-state index contributed by atoms with van der Waals surface area (Å²) in [5.41, 5.74) is 1.85. The summed E-state index contributed by atoms with van der Waals surface area (Å²) in [4.78, 5) is 28.0. The minimum atomic E-state index is -0.553. The van der Waals surface area contributed by atoms with Crippen molar-refractivity contribution in [2.24, 2.45) is 0 Å². The van der Waals surface area contributed by atoms with Crippen molar-refractivity contribution >= 4 is 34.8 Å². The fourth-order valence-electron chi connectivity index (χ4n) is 2.90. The average molecular weight is 366 g/mol. The van der Waals surface area contributed by atoms with Gasteiger partial charge < -0.3 is 15.1 Å². The fraction of sp³-hybridized carbons (Fsp3) is 0.579. The van der Waals surface area contributed by atoms with E-state index in [0.29, 0.717) is 6.42 Å². The number of carbonyl (C=O) groups is 2. The van der Waals surface area contributed by atoms with E-state index in [1.165, 1.54) is 0 Å². The highest BCUT2D eigenvalue weighted by molar-refractivity contribution is 6.32. The second-order valence-corrected chi connectivity index (χ2v) is 7.13. The highest BCUT2D eigenvalue weighted by atomic mass is 35.5. The standard InChI is InChI=1S/C19H28ClN3O2/c1-3-4-5-6-18(24)23-13-11-22(12-14-23)17-9-7-16(8-10-17)21-19(25)15(2)20/h7-10,15H,3-6,11-14H2,1-2H3,(H,21,25)/t15-/m1/s1. The molecule has 0 bridgehead atoms. The third-order valence-electron chi connectivity index (χ3n) is 4.49. The van der Waals surface area contributed by atoms with Gasteiger partial charge in [0.25, 0.3) is 0 Å². The number of halogens is 1. The third-order valence-corrected chi connectivity index (χ3v) is 4.69. The SMILES string of the molecule is CCCCCC(=O)N1CCN(c2ccc(NC(=O)[C@@H](C)Cl)cc2)CC1. The molecule has 0 spiro atoms. The molecule has 1 aliphatic rings. The molecular formula is C19H28ClN3O2. The summed E-state index contributed by atoms with van der Waals surface area (Å²) in [6.45, 7) is 7.01. The summed E-state index contributed by atoms with van der Waals surface area (Å²) in [6, 6.07) is 7.75. The Morgan fingerprint density at radius 2 is 1.76 bits per heavy atom. The Bertz CT molecular complexity index is 567. The summed E-state index contributed by atoms with van der Waals surface area (Å²) in [7, 11) is 0. The fourth-order valence-corrected chi connectivity index (χ4v) is 2.95. The molecule has 1 aliphatic heterocycles. The van der Waals surface area contributed by atoms with E-state index in [2.05, 4.69) is 17.1 Å². The topological polar surface area (TPSA) is 52.7 Å². The number of piperazine rings is 1. The van der Waals surface area contributed by atoms with Crippen molar-refractivity contribution in [3.63, 3.8) is 0 Å². The summed E-state index contributed by atoms with van der Waals surface area (Å²) in [5, 5.41) is 2.22. The van der Waals surface area contributed by atoms with Gasteiger partial charge in [0, 0.05) is 44.0 Å². The van der Waals surface area contributed by atoms with Gasteiger partial charge in [-0.15, -0.1) is 11.6 Å². The van der Waals surface area contributed by atoms with E-state index in [-0.39, 0.29) is 11.8 Å². The van der Waals surface area contributed by atoms with E-state index in [9.17, 15) is 9.59 Å². The number of unbranched alkanes of at least 4 members (excludes halogenated alkanes) is 2. The van der Waals surface area contributed by atoms with E-state index < -0.39 is 5.38 Å². The quantitative estimate of drug-likeness (QED) is 0.594. The lowest BCUT2D eigenvalue weighted by Crippen LogP contribution is -2.48. The van der Waals surface area contributed by atoms with Crippen LogP contribution in [0.1, 0.15) is 39.5 Å². The first-order valence-corrected chi connectivity index (χ1v) is 9.52. The molecule has 0 unspecified atom stereocenters. The Hall–Kier alpha value is -1.75. The van der Waals surface area contributed by atoms with Gasteiger partial charge in [0.05, 0.1) is 0 Å². The minimum Gasteiger partial charge on any atom is -0.368 e. The molecular weight excluding hydrogens is 338 g/mol. The molecule has 0 radical (unpaired) electrons. The van der Waals surface area contributed by atoms with Crippen molar-refractivity contribution < 1.29 is 9.59 Å². The number of carbonyl (C=O) groups excluding carboxylic acids is 2. The van der Waals surface area contributed by atoms with Crippen molar-refractivity contribution in [3.05, 3.63) is 24.3 Å². The van der Waals surface area contributed by atoms with E-state index in [1.807, 2.05) is 29.2 Å². The third kappa shape index (κ3) is 5.92. The first kappa shape index (κ1) is 19.6. The monoisotopic (exact) mass is 365 g/mol. The van der Waals surface area contributed by atoms with Gasteiger partial charge in [-0.2, -0.15) is 0 Å². The second kappa shape index (κ2) is 9.66. The van der Waals surface area contributed by atoms with Crippen LogP contribution in [0, 0.1) is 0 Å². The van der Waals surface area contributed by atoms with Crippen molar-refractivity contribution in [1.29, 1.82) is 0 Å². The Morgan fingerprint density at radius 3 is 2.32 bits per heavy atom. The Morgan fingerprint density at radius 1 is 1.12 bits per heavy atom. The maximum atomic E-state index is 12.2. The van der Waals surface area contributed by atoms with Gasteiger partial charge in [-0.3, -0.25) is 9.59 Å². The molecule has 2 rings (SSSR count). The number of nitrogens with one attached hydrogen (secondary N) is 1. The van der Waals surface area contributed by atoms with Crippen LogP contribution in [-0.4, -0.2) is 48.3 Å². The van der Waals surface area contributed by atoms with Gasteiger partial charge in [0.15, 0.2) is 0 Å². The van der Waals surface area contributed by atoms with Crippen LogP contribution in [0.2, 0.25) is 0 Å². The first-order valence-electron chi connectivity index (χ1n) is 9.09. The number of benzene rings is 1. The lowest BCUT2D eigenvalue weighted by atomic mass is 10.1. The van der Waals surface area contributed by atoms with E-state index in [0.717, 1.165) is 56.8 Å². The number of anilines is 2. The van der Waals surface area contributed by atoms with Gasteiger partial charge in [-0.05, 0) is 37.6 Å². The van der Waals surface area contributed by atoms with Crippen LogP contribution in [0.3, 0.4) is 0 Å². The zero-order valence-electron chi connectivity index (χ0n) is 15.1. The molecule has 25 heavy (non-hydrogen) atoms. The van der Waals surface area contributed by atoms with Gasteiger partial charge in [0.2, 0.25) is 11.8 Å². The maximum absolute atomic E-state index is 12.2. The van der Waals surface area contributed by atoms with Crippen molar-refractivity contribution in [2.75, 3.05) is 36.4 Å². The average Bonchev–Trinajstić information content (AvgIpc) is 2.62. The summed E-state index contributed by atoms with van der Waals surface area (Å²) < 4.78 is 0. The van der Waals surface area contributed by atoms with Crippen molar-refractivity contribution in [2.45, 2.75) is 44.9 Å². The van der Waals surface area contributed by atoms with Crippen molar-refractivity contribution in [1.82, 2.24) is 4.90 Å². The molecule has 1 heterocycles. The van der Waals surface area contributed by atoms with Crippen LogP contribution < -0.4 is 10.2 Å². The van der Waals surface area contributed by atoms with Crippen LogP contribution in [0.25, 0.3) is 0 Å². The molecule has 1 saturated heterocycles. The molecule has 1 aromatic carbocycles. The molecule has 0 aromatic heterocycles. The largest absolute Gasteiger partial charge is 0.368 e. The lowest BCUT2D eigenvalue weighted by molar-refractivity contribution is -0.131. The summed E-state index contributed by atoms with van der Waals surface area (Å²) >= 11 is 5.76. The van der Waals surface area contributed by atoms with E-state index in [1.54, 1.807) is 6.92 Å². The van der Waals surface area contributed by atoms with Gasteiger partial charge in [-0.1, -0.05) is 19.8 Å². The van der Waals surface area contributed by atoms with E-state index in [4.69, 9.17) is 11.6 Å². The maximum Gasteiger partial charge on any atom is 0.242 e. The van der Waals surface area contributed by atoms with Crippen LogP contribution in [0.15, 0.2) is 24.3 Å². The Kier molecular flexibility index (Phi) is 7.56. The minimum absolute atomic E-state index is 0.204. The molecule has 138 valence electrons. The first-order chi connectivity index (χ1) is 12.0. The molecule has 1 N–H and O–H groups in total. The highest BCUT2D eigenvalue weighted by Crippen LogP contribution is 2.20. The summed E-state index contributed by atoms with van der Waals surface area (Å²) in [5.74, 6) is 0.0750. The Labute approximate surface area is 155 Å². The molecule has 0 saturated carbocycles. The molecule has 0 aliphatic carbocycles. The molecule has 6 heteroatoms. The molecule has 1 atom stereocenters. The number of alkyl halides is 1. The van der Waals surface area contributed by atoms with Gasteiger partial charge >= 0.3 is 0 Å². The predicted octanol–water partition coefficient (Wildman–Crippen LogP) is 3.48. The van der Waals surface area contributed by atoms with Gasteiger partial charge in [0.1, 0.15) is 5.38 Å². The zero-order chi connectivity index (χ0) is 18.2. The number of amides is 2. The van der Waals surface area contributed by atoms with Crippen molar-refractivity contribution in [3.8, 4) is 0 Å². The van der Waals surface area contributed by atoms with Crippen LogP contribution in [0.5, 0.6) is 0 Å². The summed E-state index contributed by atoms with van der Waals surface area (Å²) in [6.07, 6.45) is 3.92. The number of rotatable bonds is 7. The van der Waals surface area contributed by atoms with E-state index >= 15 is 0 Å². The lowest BCUT2D eigenvalue weighted by Gasteiger charge is -2.36. The Balaban J connectivity index is 1.82. The number of hydrogen-bond donors (Lipinski definition) is 1. The number of nitrogens with zero attached hydrogens (tertiary/aromatic N) is 2. The zero-order valence-corrected chi connectivity index (χ0v) is 15.9. The molecule has 5 nitrogen and oxygen atoms in total. The molecule has 2 amide bonds. The smallest absolute Gasteiger partial charge is 0.242 e. The predicted molar refractivity (Wildman–Crippen MR) is 103 cm³/mol. The molecule has 1 fully saturated rings.